The van der Waals surface area contributed by atoms with Crippen molar-refractivity contribution in [3.05, 3.63) is 83.3 Å². The molecule has 5 aromatic rings. The van der Waals surface area contributed by atoms with Gasteiger partial charge >= 0.3 is 0 Å². The van der Waals surface area contributed by atoms with Gasteiger partial charge in [-0.3, -0.25) is 9.58 Å². The Morgan fingerprint density at radius 2 is 2.00 bits per heavy atom. The molecule has 0 saturated carbocycles. The summed E-state index contributed by atoms with van der Waals surface area (Å²) in [5, 5.41) is 5.91. The standard InChI is InChI=1S/C25H25FN6/c1-15(2)32-13-16(12-27-32)25-24-19(18-5-3-4-6-20(18)30-24)9-10-31(25)14-23-28-21-8-7-17(26)11-22(21)29-23/h3-8,11-13,15,25,30H,9-10,14H2,1-2H3,(H,28,29). The van der Waals surface area contributed by atoms with Crippen molar-refractivity contribution in [2.75, 3.05) is 6.54 Å². The third kappa shape index (κ3) is 3.12. The van der Waals surface area contributed by atoms with Crippen molar-refractivity contribution in [1.29, 1.82) is 0 Å². The molecule has 7 heteroatoms. The Hall–Kier alpha value is -3.45. The number of benzene rings is 2. The third-order valence-electron chi connectivity index (χ3n) is 6.45. The lowest BCUT2D eigenvalue weighted by Gasteiger charge is -2.34. The van der Waals surface area contributed by atoms with Crippen LogP contribution in [-0.4, -0.2) is 36.2 Å². The van der Waals surface area contributed by atoms with Crippen molar-refractivity contribution >= 4 is 21.9 Å². The third-order valence-corrected chi connectivity index (χ3v) is 6.45. The van der Waals surface area contributed by atoms with Gasteiger partial charge in [-0.1, -0.05) is 18.2 Å². The van der Waals surface area contributed by atoms with Crippen molar-refractivity contribution < 1.29 is 4.39 Å². The van der Waals surface area contributed by atoms with E-state index >= 15 is 0 Å². The molecule has 2 aromatic carbocycles. The van der Waals surface area contributed by atoms with Gasteiger partial charge in [-0.2, -0.15) is 5.10 Å². The van der Waals surface area contributed by atoms with E-state index in [9.17, 15) is 4.39 Å². The average molecular weight is 429 g/mol. The summed E-state index contributed by atoms with van der Waals surface area (Å²) in [6.45, 7) is 5.81. The minimum Gasteiger partial charge on any atom is -0.357 e. The lowest BCUT2D eigenvalue weighted by atomic mass is 9.94. The molecule has 3 aromatic heterocycles. The fourth-order valence-corrected chi connectivity index (χ4v) is 4.92. The molecule has 32 heavy (non-hydrogen) atoms. The van der Waals surface area contributed by atoms with Gasteiger partial charge in [0.1, 0.15) is 11.6 Å². The number of nitrogens with zero attached hydrogens (tertiary/aromatic N) is 4. The molecular weight excluding hydrogens is 403 g/mol. The Morgan fingerprint density at radius 3 is 2.84 bits per heavy atom. The zero-order valence-corrected chi connectivity index (χ0v) is 18.1. The molecule has 1 aliphatic heterocycles. The maximum absolute atomic E-state index is 13.7. The fourth-order valence-electron chi connectivity index (χ4n) is 4.92. The number of halogens is 1. The van der Waals surface area contributed by atoms with Gasteiger partial charge < -0.3 is 9.97 Å². The van der Waals surface area contributed by atoms with Crippen LogP contribution in [0.4, 0.5) is 4.39 Å². The van der Waals surface area contributed by atoms with Crippen LogP contribution in [-0.2, 0) is 13.0 Å². The monoisotopic (exact) mass is 428 g/mol. The normalized spacial score (nSPS) is 16.9. The van der Waals surface area contributed by atoms with Crippen molar-refractivity contribution in [2.24, 2.45) is 0 Å². The maximum Gasteiger partial charge on any atom is 0.125 e. The van der Waals surface area contributed by atoms with Crippen LogP contribution in [0.5, 0.6) is 0 Å². The van der Waals surface area contributed by atoms with E-state index < -0.39 is 0 Å². The Kier molecular flexibility index (Phi) is 4.40. The molecule has 4 heterocycles. The van der Waals surface area contributed by atoms with E-state index in [-0.39, 0.29) is 11.9 Å². The molecule has 2 N–H and O–H groups in total. The average Bonchev–Trinajstić information content (AvgIpc) is 3.49. The highest BCUT2D eigenvalue weighted by Crippen LogP contribution is 2.39. The van der Waals surface area contributed by atoms with Gasteiger partial charge in [-0.25, -0.2) is 9.37 Å². The largest absolute Gasteiger partial charge is 0.357 e. The number of nitrogens with one attached hydrogen (secondary N) is 2. The van der Waals surface area contributed by atoms with Crippen molar-refractivity contribution in [3.8, 4) is 0 Å². The van der Waals surface area contributed by atoms with Gasteiger partial charge in [0, 0.05) is 40.9 Å². The number of H-pyrrole nitrogens is 2. The first-order chi connectivity index (χ1) is 15.6. The van der Waals surface area contributed by atoms with Crippen LogP contribution in [0.3, 0.4) is 0 Å². The molecule has 0 aliphatic carbocycles. The molecule has 0 fully saturated rings. The molecule has 1 aliphatic rings. The van der Waals surface area contributed by atoms with Crippen LogP contribution in [0.2, 0.25) is 0 Å². The SMILES string of the molecule is CC(C)n1cc(C2c3[nH]c4ccccc4c3CCN2Cc2nc3ccc(F)cc3[nH]2)cn1. The van der Waals surface area contributed by atoms with Gasteiger partial charge in [0.15, 0.2) is 0 Å². The van der Waals surface area contributed by atoms with E-state index in [1.807, 2.05) is 10.9 Å². The number of imidazole rings is 1. The first kappa shape index (κ1) is 19.3. The first-order valence-corrected chi connectivity index (χ1v) is 11.1. The lowest BCUT2D eigenvalue weighted by Crippen LogP contribution is -2.35. The first-order valence-electron chi connectivity index (χ1n) is 11.1. The molecule has 0 saturated heterocycles. The van der Waals surface area contributed by atoms with Crippen LogP contribution in [0.25, 0.3) is 21.9 Å². The summed E-state index contributed by atoms with van der Waals surface area (Å²) in [5.41, 5.74) is 6.45. The summed E-state index contributed by atoms with van der Waals surface area (Å²) in [7, 11) is 0. The van der Waals surface area contributed by atoms with E-state index in [1.165, 1.54) is 34.3 Å². The van der Waals surface area contributed by atoms with Gasteiger partial charge in [0.25, 0.3) is 0 Å². The van der Waals surface area contributed by atoms with E-state index in [4.69, 9.17) is 4.98 Å². The molecule has 6 nitrogen and oxygen atoms in total. The number of aromatic amines is 2. The van der Waals surface area contributed by atoms with Crippen molar-refractivity contribution in [1.82, 2.24) is 29.6 Å². The Labute approximate surface area is 185 Å². The summed E-state index contributed by atoms with van der Waals surface area (Å²) in [4.78, 5) is 14.1. The second-order valence-electron chi connectivity index (χ2n) is 8.88. The molecule has 0 amide bonds. The Bertz CT molecular complexity index is 1430. The summed E-state index contributed by atoms with van der Waals surface area (Å²) < 4.78 is 15.7. The molecule has 0 radical (unpaired) electrons. The number of aromatic nitrogens is 5. The zero-order valence-electron chi connectivity index (χ0n) is 18.1. The molecule has 0 bridgehead atoms. The summed E-state index contributed by atoms with van der Waals surface area (Å²) >= 11 is 0. The topological polar surface area (TPSA) is 65.5 Å². The Balaban J connectivity index is 1.43. The van der Waals surface area contributed by atoms with Crippen molar-refractivity contribution in [3.63, 3.8) is 0 Å². The highest BCUT2D eigenvalue weighted by molar-refractivity contribution is 5.85. The van der Waals surface area contributed by atoms with E-state index in [2.05, 4.69) is 64.3 Å². The predicted octanol–water partition coefficient (Wildman–Crippen LogP) is 5.11. The smallest absolute Gasteiger partial charge is 0.125 e. The summed E-state index contributed by atoms with van der Waals surface area (Å²) in [6.07, 6.45) is 5.09. The van der Waals surface area contributed by atoms with Crippen molar-refractivity contribution in [2.45, 2.75) is 38.9 Å². The van der Waals surface area contributed by atoms with Gasteiger partial charge in [0.05, 0.1) is 29.8 Å². The van der Waals surface area contributed by atoms with E-state index in [0.29, 0.717) is 12.6 Å². The second-order valence-corrected chi connectivity index (χ2v) is 8.88. The van der Waals surface area contributed by atoms with Gasteiger partial charge in [-0.05, 0) is 50.1 Å². The molecule has 0 spiro atoms. The number of para-hydroxylation sites is 1. The van der Waals surface area contributed by atoms with Crippen LogP contribution in [0.1, 0.15) is 48.6 Å². The molecule has 1 unspecified atom stereocenters. The number of fused-ring (bicyclic) bond motifs is 4. The quantitative estimate of drug-likeness (QED) is 0.418. The van der Waals surface area contributed by atoms with E-state index in [1.54, 1.807) is 6.07 Å². The van der Waals surface area contributed by atoms with Crippen LogP contribution >= 0.6 is 0 Å². The van der Waals surface area contributed by atoms with E-state index in [0.717, 1.165) is 35.4 Å². The van der Waals surface area contributed by atoms with Crippen LogP contribution < -0.4 is 0 Å². The molecule has 6 rings (SSSR count). The Morgan fingerprint density at radius 1 is 1.12 bits per heavy atom. The minimum absolute atomic E-state index is 0.0450. The maximum atomic E-state index is 13.7. The minimum atomic E-state index is -0.257. The molecule has 162 valence electrons. The summed E-state index contributed by atoms with van der Waals surface area (Å²) in [5.74, 6) is 0.582. The lowest BCUT2D eigenvalue weighted by molar-refractivity contribution is 0.197. The summed E-state index contributed by atoms with van der Waals surface area (Å²) in [6, 6.07) is 13.5. The highest BCUT2D eigenvalue weighted by Gasteiger charge is 2.33. The molecule has 1 atom stereocenters. The highest BCUT2D eigenvalue weighted by atomic mass is 19.1. The number of hydrogen-bond acceptors (Lipinski definition) is 3. The van der Waals surface area contributed by atoms with Gasteiger partial charge in [0.2, 0.25) is 0 Å². The zero-order chi connectivity index (χ0) is 21.8. The molecular formula is C25H25FN6. The number of rotatable bonds is 4. The van der Waals surface area contributed by atoms with Crippen LogP contribution in [0, 0.1) is 5.82 Å². The second kappa shape index (κ2) is 7.31. The predicted molar refractivity (Wildman–Crippen MR) is 123 cm³/mol. The fraction of sp³-hybridized carbons (Fsp3) is 0.280. The van der Waals surface area contributed by atoms with Crippen LogP contribution in [0.15, 0.2) is 54.9 Å². The van der Waals surface area contributed by atoms with Gasteiger partial charge in [-0.15, -0.1) is 0 Å². The number of hydrogen-bond donors (Lipinski definition) is 2.